The fourth-order valence-electron chi connectivity index (χ4n) is 1.80. The standard InChI is InChI=1S/C13H17N3O5/c1-3-8-13(2,11(17)18)15-12(19)14-9-4-6-10(7-5-9)16(20)21/h4-7H,3,8H2,1-2H3,(H,17,18)(H2,14,15,19). The van der Waals surface area contributed by atoms with Crippen LogP contribution in [0.5, 0.6) is 0 Å². The molecule has 0 aromatic heterocycles. The molecule has 0 fully saturated rings. The molecule has 114 valence electrons. The molecule has 1 atom stereocenters. The van der Waals surface area contributed by atoms with Gasteiger partial charge in [-0.2, -0.15) is 0 Å². The predicted octanol–water partition coefficient (Wildman–Crippen LogP) is 2.36. The third-order valence-corrected chi connectivity index (χ3v) is 2.95. The summed E-state index contributed by atoms with van der Waals surface area (Å²) in [7, 11) is 0. The van der Waals surface area contributed by atoms with E-state index in [1.807, 2.05) is 6.92 Å². The molecule has 0 saturated heterocycles. The molecular weight excluding hydrogens is 278 g/mol. The van der Waals surface area contributed by atoms with Gasteiger partial charge in [0, 0.05) is 17.8 Å². The fourth-order valence-corrected chi connectivity index (χ4v) is 1.80. The number of urea groups is 1. The Morgan fingerprint density at radius 2 is 1.90 bits per heavy atom. The molecule has 0 radical (unpaired) electrons. The van der Waals surface area contributed by atoms with Gasteiger partial charge in [-0.15, -0.1) is 0 Å². The molecule has 0 saturated carbocycles. The summed E-state index contributed by atoms with van der Waals surface area (Å²) < 4.78 is 0. The van der Waals surface area contributed by atoms with Gasteiger partial charge in [0.15, 0.2) is 0 Å². The van der Waals surface area contributed by atoms with Gasteiger partial charge in [0.1, 0.15) is 5.54 Å². The van der Waals surface area contributed by atoms with Crippen LogP contribution in [-0.4, -0.2) is 27.6 Å². The second-order valence-electron chi connectivity index (χ2n) is 4.77. The smallest absolute Gasteiger partial charge is 0.329 e. The van der Waals surface area contributed by atoms with Gasteiger partial charge in [0.05, 0.1) is 4.92 Å². The SMILES string of the molecule is CCCC(C)(NC(=O)Nc1ccc([N+](=O)[O-])cc1)C(=O)O. The van der Waals surface area contributed by atoms with E-state index in [1.165, 1.54) is 31.2 Å². The molecule has 3 N–H and O–H groups in total. The summed E-state index contributed by atoms with van der Waals surface area (Å²) in [6, 6.07) is 4.56. The van der Waals surface area contributed by atoms with Crippen molar-refractivity contribution in [1.29, 1.82) is 0 Å². The van der Waals surface area contributed by atoms with Crippen molar-refractivity contribution >= 4 is 23.4 Å². The van der Waals surface area contributed by atoms with Gasteiger partial charge in [-0.3, -0.25) is 10.1 Å². The van der Waals surface area contributed by atoms with E-state index in [2.05, 4.69) is 10.6 Å². The number of anilines is 1. The van der Waals surface area contributed by atoms with E-state index < -0.39 is 22.5 Å². The average molecular weight is 295 g/mol. The van der Waals surface area contributed by atoms with Gasteiger partial charge >= 0.3 is 12.0 Å². The highest BCUT2D eigenvalue weighted by Gasteiger charge is 2.33. The van der Waals surface area contributed by atoms with Crippen LogP contribution in [0.3, 0.4) is 0 Å². The Bertz CT molecular complexity index is 543. The van der Waals surface area contributed by atoms with Gasteiger partial charge in [-0.1, -0.05) is 13.3 Å². The minimum absolute atomic E-state index is 0.0951. The van der Waals surface area contributed by atoms with Crippen molar-refractivity contribution in [3.05, 3.63) is 34.4 Å². The first-order chi connectivity index (χ1) is 9.78. The summed E-state index contributed by atoms with van der Waals surface area (Å²) in [6.45, 7) is 3.24. The second kappa shape index (κ2) is 6.69. The van der Waals surface area contributed by atoms with Crippen LogP contribution in [0, 0.1) is 10.1 Å². The van der Waals surface area contributed by atoms with E-state index in [0.717, 1.165) is 0 Å². The molecule has 0 heterocycles. The number of carbonyl (C=O) groups is 2. The van der Waals surface area contributed by atoms with Crippen molar-refractivity contribution in [2.45, 2.75) is 32.2 Å². The number of carboxylic acid groups (broad SMARTS) is 1. The van der Waals surface area contributed by atoms with Crippen LogP contribution in [-0.2, 0) is 4.79 Å². The first-order valence-electron chi connectivity index (χ1n) is 6.35. The number of hydrogen-bond acceptors (Lipinski definition) is 4. The van der Waals surface area contributed by atoms with Crippen molar-refractivity contribution in [2.24, 2.45) is 0 Å². The number of carbonyl (C=O) groups excluding carboxylic acids is 1. The number of nitro groups is 1. The number of nitrogens with zero attached hydrogens (tertiary/aromatic N) is 1. The molecule has 1 rings (SSSR count). The third-order valence-electron chi connectivity index (χ3n) is 2.95. The second-order valence-corrected chi connectivity index (χ2v) is 4.77. The molecule has 0 aliphatic carbocycles. The quantitative estimate of drug-likeness (QED) is 0.549. The van der Waals surface area contributed by atoms with E-state index in [1.54, 1.807) is 0 Å². The van der Waals surface area contributed by atoms with Gasteiger partial charge < -0.3 is 15.7 Å². The van der Waals surface area contributed by atoms with Gasteiger partial charge in [0.25, 0.3) is 5.69 Å². The van der Waals surface area contributed by atoms with Gasteiger partial charge in [-0.25, -0.2) is 9.59 Å². The molecule has 21 heavy (non-hydrogen) atoms. The topological polar surface area (TPSA) is 122 Å². The first-order valence-corrected chi connectivity index (χ1v) is 6.35. The van der Waals surface area contributed by atoms with Gasteiger partial charge in [0.2, 0.25) is 0 Å². The van der Waals surface area contributed by atoms with Crippen molar-refractivity contribution in [2.75, 3.05) is 5.32 Å². The van der Waals surface area contributed by atoms with Crippen LogP contribution in [0.4, 0.5) is 16.2 Å². The molecule has 0 bridgehead atoms. The zero-order valence-electron chi connectivity index (χ0n) is 11.8. The van der Waals surface area contributed by atoms with Crippen LogP contribution in [0.2, 0.25) is 0 Å². The number of nitro benzene ring substituents is 1. The van der Waals surface area contributed by atoms with Crippen LogP contribution >= 0.6 is 0 Å². The number of non-ortho nitro benzene ring substituents is 1. The number of aliphatic carboxylic acids is 1. The number of amides is 2. The summed E-state index contributed by atoms with van der Waals surface area (Å²) in [5.74, 6) is -1.12. The maximum atomic E-state index is 11.8. The van der Waals surface area contributed by atoms with Crippen molar-refractivity contribution in [3.8, 4) is 0 Å². The van der Waals surface area contributed by atoms with Crippen LogP contribution in [0.15, 0.2) is 24.3 Å². The van der Waals surface area contributed by atoms with E-state index >= 15 is 0 Å². The van der Waals surface area contributed by atoms with Crippen LogP contribution in [0.1, 0.15) is 26.7 Å². The molecule has 0 aliphatic rings. The van der Waals surface area contributed by atoms with E-state index in [0.29, 0.717) is 12.1 Å². The normalized spacial score (nSPS) is 13.0. The van der Waals surface area contributed by atoms with E-state index in [-0.39, 0.29) is 12.1 Å². The predicted molar refractivity (Wildman–Crippen MR) is 76.2 cm³/mol. The molecule has 0 spiro atoms. The number of rotatable bonds is 6. The Balaban J connectivity index is 2.72. The summed E-state index contributed by atoms with van der Waals surface area (Å²) in [6.07, 6.45) is 0.886. The van der Waals surface area contributed by atoms with Gasteiger partial charge in [-0.05, 0) is 25.5 Å². The maximum Gasteiger partial charge on any atom is 0.329 e. The zero-order chi connectivity index (χ0) is 16.0. The molecule has 1 aromatic carbocycles. The fraction of sp³-hybridized carbons (Fsp3) is 0.385. The minimum atomic E-state index is -1.36. The zero-order valence-corrected chi connectivity index (χ0v) is 11.8. The number of nitrogens with one attached hydrogen (secondary N) is 2. The highest BCUT2D eigenvalue weighted by molar-refractivity contribution is 5.93. The van der Waals surface area contributed by atoms with E-state index in [9.17, 15) is 19.7 Å². The van der Waals surface area contributed by atoms with Crippen molar-refractivity contribution < 1.29 is 19.6 Å². The van der Waals surface area contributed by atoms with E-state index in [4.69, 9.17) is 5.11 Å². The largest absolute Gasteiger partial charge is 0.480 e. The molecule has 0 aliphatic heterocycles. The Morgan fingerprint density at radius 3 is 2.33 bits per heavy atom. The molecule has 8 nitrogen and oxygen atoms in total. The Hall–Kier alpha value is -2.64. The highest BCUT2D eigenvalue weighted by atomic mass is 16.6. The molecule has 1 aromatic rings. The van der Waals surface area contributed by atoms with Crippen LogP contribution in [0.25, 0.3) is 0 Å². The Labute approximate surface area is 121 Å². The lowest BCUT2D eigenvalue weighted by Gasteiger charge is -2.25. The Morgan fingerprint density at radius 1 is 1.33 bits per heavy atom. The molecule has 8 heteroatoms. The van der Waals surface area contributed by atoms with Crippen molar-refractivity contribution in [3.63, 3.8) is 0 Å². The molecule has 2 amide bonds. The molecular formula is C13H17N3O5. The Kier molecular flexibility index (Phi) is 5.23. The number of hydrogen-bond donors (Lipinski definition) is 3. The monoisotopic (exact) mass is 295 g/mol. The highest BCUT2D eigenvalue weighted by Crippen LogP contribution is 2.16. The molecule has 1 unspecified atom stereocenters. The minimum Gasteiger partial charge on any atom is -0.480 e. The summed E-state index contributed by atoms with van der Waals surface area (Å²) in [4.78, 5) is 33.0. The third kappa shape index (κ3) is 4.44. The number of benzene rings is 1. The lowest BCUT2D eigenvalue weighted by molar-refractivity contribution is -0.384. The van der Waals surface area contributed by atoms with Crippen LogP contribution < -0.4 is 10.6 Å². The number of carboxylic acids is 1. The lowest BCUT2D eigenvalue weighted by atomic mass is 9.97. The lowest BCUT2D eigenvalue weighted by Crippen LogP contribution is -2.53. The van der Waals surface area contributed by atoms with Crippen molar-refractivity contribution in [1.82, 2.24) is 5.32 Å². The summed E-state index contributed by atoms with van der Waals surface area (Å²) >= 11 is 0. The first kappa shape index (κ1) is 16.4. The average Bonchev–Trinajstić information content (AvgIpc) is 2.39. The summed E-state index contributed by atoms with van der Waals surface area (Å²) in [5.41, 5.74) is -1.12. The maximum absolute atomic E-state index is 11.8. The summed E-state index contributed by atoms with van der Waals surface area (Å²) in [5, 5.41) is 24.5.